The lowest BCUT2D eigenvalue weighted by molar-refractivity contribution is 0.314. The van der Waals surface area contributed by atoms with E-state index in [4.69, 9.17) is 0 Å². The van der Waals surface area contributed by atoms with Crippen molar-refractivity contribution in [1.29, 1.82) is 0 Å². The first-order valence-electron chi connectivity index (χ1n) is 5.33. The molecule has 0 aromatic heterocycles. The second-order valence-corrected chi connectivity index (χ2v) is 3.66. The molecule has 0 amide bonds. The van der Waals surface area contributed by atoms with E-state index in [0.717, 1.165) is 25.2 Å². The summed E-state index contributed by atoms with van der Waals surface area (Å²) in [5.74, 6) is 0. The van der Waals surface area contributed by atoms with Crippen LogP contribution >= 0.6 is 12.4 Å². The summed E-state index contributed by atoms with van der Waals surface area (Å²) in [5, 5.41) is 7.04. The molecule has 1 saturated carbocycles. The third-order valence-electron chi connectivity index (χ3n) is 2.71. The Labute approximate surface area is 88.3 Å². The fourth-order valence-corrected chi connectivity index (χ4v) is 2.08. The van der Waals surface area contributed by atoms with Gasteiger partial charge in [-0.05, 0) is 38.8 Å². The Hall–Kier alpha value is 0.210. The Morgan fingerprint density at radius 2 is 1.15 bits per heavy atom. The zero-order chi connectivity index (χ0) is 8.81. The number of hydrogen-bond acceptors (Lipinski definition) is 2. The van der Waals surface area contributed by atoms with Crippen LogP contribution < -0.4 is 10.6 Å². The van der Waals surface area contributed by atoms with Crippen LogP contribution in [0.25, 0.3) is 0 Å². The fourth-order valence-electron chi connectivity index (χ4n) is 2.08. The van der Waals surface area contributed by atoms with Crippen LogP contribution in [0.15, 0.2) is 0 Å². The normalized spacial score (nSPS) is 28.2. The van der Waals surface area contributed by atoms with Crippen molar-refractivity contribution in [3.63, 3.8) is 0 Å². The molecule has 2 N–H and O–H groups in total. The van der Waals surface area contributed by atoms with Crippen LogP contribution in [0.3, 0.4) is 0 Å². The van der Waals surface area contributed by atoms with E-state index < -0.39 is 0 Å². The third-order valence-corrected chi connectivity index (χ3v) is 2.71. The molecule has 80 valence electrons. The van der Waals surface area contributed by atoms with Gasteiger partial charge in [0.1, 0.15) is 0 Å². The highest BCUT2D eigenvalue weighted by molar-refractivity contribution is 5.85. The van der Waals surface area contributed by atoms with E-state index >= 15 is 0 Å². The van der Waals surface area contributed by atoms with Gasteiger partial charge >= 0.3 is 0 Å². The minimum atomic E-state index is 0. The summed E-state index contributed by atoms with van der Waals surface area (Å²) in [7, 11) is 0. The van der Waals surface area contributed by atoms with Gasteiger partial charge in [-0.3, -0.25) is 0 Å². The van der Waals surface area contributed by atoms with Crippen LogP contribution in [0.4, 0.5) is 0 Å². The number of hydrogen-bond donors (Lipinski definition) is 2. The largest absolute Gasteiger partial charge is 0.314 e. The van der Waals surface area contributed by atoms with Crippen LogP contribution in [-0.4, -0.2) is 25.2 Å². The second kappa shape index (κ2) is 7.60. The summed E-state index contributed by atoms with van der Waals surface area (Å²) in [6.45, 7) is 6.62. The van der Waals surface area contributed by atoms with Crippen molar-refractivity contribution < 1.29 is 0 Å². The van der Waals surface area contributed by atoms with Gasteiger partial charge in [-0.2, -0.15) is 0 Å². The van der Waals surface area contributed by atoms with Crippen LogP contribution in [0.5, 0.6) is 0 Å². The molecule has 0 bridgehead atoms. The Morgan fingerprint density at radius 3 is 1.38 bits per heavy atom. The maximum atomic E-state index is 3.52. The molecule has 0 unspecified atom stereocenters. The van der Waals surface area contributed by atoms with Crippen molar-refractivity contribution in [2.24, 2.45) is 0 Å². The highest BCUT2D eigenvalue weighted by Crippen LogP contribution is 2.18. The highest BCUT2D eigenvalue weighted by Gasteiger charge is 2.18. The molecule has 1 fully saturated rings. The lowest BCUT2D eigenvalue weighted by Gasteiger charge is -2.29. The predicted octanol–water partition coefficient (Wildman–Crippen LogP) is 1.94. The molecule has 0 atom stereocenters. The fraction of sp³-hybridized carbons (Fsp3) is 1.00. The number of nitrogens with one attached hydrogen (secondary N) is 2. The zero-order valence-corrected chi connectivity index (χ0v) is 9.62. The van der Waals surface area contributed by atoms with E-state index in [2.05, 4.69) is 24.5 Å². The summed E-state index contributed by atoms with van der Waals surface area (Å²) >= 11 is 0. The molecule has 0 aromatic carbocycles. The van der Waals surface area contributed by atoms with E-state index in [-0.39, 0.29) is 12.4 Å². The van der Waals surface area contributed by atoms with Crippen molar-refractivity contribution in [2.45, 2.75) is 51.6 Å². The Bertz CT molecular complexity index is 97.5. The smallest absolute Gasteiger partial charge is 0.00681 e. The van der Waals surface area contributed by atoms with Crippen LogP contribution in [0.1, 0.15) is 39.5 Å². The number of halogens is 1. The molecule has 0 aliphatic heterocycles. The van der Waals surface area contributed by atoms with Gasteiger partial charge in [0.15, 0.2) is 0 Å². The molecule has 1 rings (SSSR count). The maximum absolute atomic E-state index is 3.52. The van der Waals surface area contributed by atoms with Crippen molar-refractivity contribution in [3.8, 4) is 0 Å². The van der Waals surface area contributed by atoms with Crippen LogP contribution in [0.2, 0.25) is 0 Å². The first kappa shape index (κ1) is 13.2. The lowest BCUT2D eigenvalue weighted by Crippen LogP contribution is -2.39. The molecule has 2 nitrogen and oxygen atoms in total. The Balaban J connectivity index is 0.00000144. The monoisotopic (exact) mass is 206 g/mol. The van der Waals surface area contributed by atoms with Gasteiger partial charge in [0, 0.05) is 12.1 Å². The standard InChI is InChI=1S/C10H22N2.ClH/c1-3-11-9-5-7-10(8-6-9)12-4-2;/h9-12H,3-8H2,1-2H3;1H. The highest BCUT2D eigenvalue weighted by atomic mass is 35.5. The summed E-state index contributed by atoms with van der Waals surface area (Å²) in [6, 6.07) is 1.59. The van der Waals surface area contributed by atoms with E-state index in [0.29, 0.717) is 0 Å². The first-order valence-corrected chi connectivity index (χ1v) is 5.33. The zero-order valence-electron chi connectivity index (χ0n) is 8.81. The predicted molar refractivity (Wildman–Crippen MR) is 60.6 cm³/mol. The van der Waals surface area contributed by atoms with Gasteiger partial charge in [-0.25, -0.2) is 0 Å². The van der Waals surface area contributed by atoms with Gasteiger partial charge in [-0.15, -0.1) is 12.4 Å². The van der Waals surface area contributed by atoms with Crippen molar-refractivity contribution in [2.75, 3.05) is 13.1 Å². The molecule has 0 radical (unpaired) electrons. The summed E-state index contributed by atoms with van der Waals surface area (Å²) in [6.07, 6.45) is 5.41. The molecule has 1 aliphatic carbocycles. The molecule has 1 aliphatic rings. The minimum absolute atomic E-state index is 0. The van der Waals surface area contributed by atoms with Gasteiger partial charge in [0.2, 0.25) is 0 Å². The van der Waals surface area contributed by atoms with E-state index in [1.807, 2.05) is 0 Å². The number of rotatable bonds is 4. The Kier molecular flexibility index (Phi) is 7.72. The van der Waals surface area contributed by atoms with E-state index in [1.165, 1.54) is 25.7 Å². The van der Waals surface area contributed by atoms with Crippen molar-refractivity contribution in [1.82, 2.24) is 10.6 Å². The van der Waals surface area contributed by atoms with Gasteiger partial charge in [0.05, 0.1) is 0 Å². The molecular formula is C10H23ClN2. The maximum Gasteiger partial charge on any atom is 0.00681 e. The van der Waals surface area contributed by atoms with Gasteiger partial charge in [0.25, 0.3) is 0 Å². The second-order valence-electron chi connectivity index (χ2n) is 3.66. The van der Waals surface area contributed by atoms with Crippen molar-refractivity contribution >= 4 is 12.4 Å². The lowest BCUT2D eigenvalue weighted by atomic mass is 9.91. The summed E-state index contributed by atoms with van der Waals surface area (Å²) < 4.78 is 0. The van der Waals surface area contributed by atoms with Gasteiger partial charge < -0.3 is 10.6 Å². The quantitative estimate of drug-likeness (QED) is 0.735. The molecule has 3 heteroatoms. The third kappa shape index (κ3) is 4.84. The molecule has 13 heavy (non-hydrogen) atoms. The summed E-state index contributed by atoms with van der Waals surface area (Å²) in [5.41, 5.74) is 0. The van der Waals surface area contributed by atoms with Crippen LogP contribution in [0, 0.1) is 0 Å². The average molecular weight is 207 g/mol. The first-order chi connectivity index (χ1) is 5.86. The SMILES string of the molecule is CCNC1CCC(NCC)CC1.Cl. The molecule has 0 aromatic rings. The minimum Gasteiger partial charge on any atom is -0.314 e. The van der Waals surface area contributed by atoms with Gasteiger partial charge in [-0.1, -0.05) is 13.8 Å². The molecule has 0 saturated heterocycles. The van der Waals surface area contributed by atoms with E-state index in [9.17, 15) is 0 Å². The molecule has 0 spiro atoms. The van der Waals surface area contributed by atoms with E-state index in [1.54, 1.807) is 0 Å². The van der Waals surface area contributed by atoms with Crippen LogP contribution in [-0.2, 0) is 0 Å². The summed E-state index contributed by atoms with van der Waals surface area (Å²) in [4.78, 5) is 0. The Morgan fingerprint density at radius 1 is 0.846 bits per heavy atom. The van der Waals surface area contributed by atoms with Crippen molar-refractivity contribution in [3.05, 3.63) is 0 Å². The molecule has 0 heterocycles. The molecular weight excluding hydrogens is 184 g/mol. The topological polar surface area (TPSA) is 24.1 Å². The average Bonchev–Trinajstić information content (AvgIpc) is 2.09.